The predicted molar refractivity (Wildman–Crippen MR) is 85.7 cm³/mol. The molecule has 0 aliphatic carbocycles. The van der Waals surface area contributed by atoms with Crippen LogP contribution in [-0.2, 0) is 0 Å². The smallest absolute Gasteiger partial charge is 0.338 e. The van der Waals surface area contributed by atoms with Crippen molar-refractivity contribution in [1.82, 2.24) is 9.88 Å². The summed E-state index contributed by atoms with van der Waals surface area (Å²) < 4.78 is 37.7. The first-order valence-corrected chi connectivity index (χ1v) is 7.67. The van der Waals surface area contributed by atoms with Gasteiger partial charge in [0.15, 0.2) is 0 Å². The summed E-state index contributed by atoms with van der Waals surface area (Å²) in [5.74, 6) is -0.431. The van der Waals surface area contributed by atoms with E-state index >= 15 is 0 Å². The van der Waals surface area contributed by atoms with Crippen molar-refractivity contribution in [3.63, 3.8) is 0 Å². The molecule has 23 heavy (non-hydrogen) atoms. The molecular formula is C14H19ClF3N3OS. The molecule has 1 aromatic heterocycles. The molecule has 1 aromatic rings. The zero-order valence-electron chi connectivity index (χ0n) is 12.8. The van der Waals surface area contributed by atoms with Crippen LogP contribution in [0.4, 0.5) is 13.2 Å². The molecule has 1 aliphatic heterocycles. The van der Waals surface area contributed by atoms with Gasteiger partial charge in [0.25, 0.3) is 5.91 Å². The lowest BCUT2D eigenvalue weighted by Gasteiger charge is -2.42. The zero-order valence-corrected chi connectivity index (χ0v) is 14.4. The second-order valence-electron chi connectivity index (χ2n) is 6.01. The van der Waals surface area contributed by atoms with Gasteiger partial charge in [-0.25, -0.2) is 4.98 Å². The largest absolute Gasteiger partial charge is 0.447 e. The molecule has 9 heteroatoms. The highest BCUT2D eigenvalue weighted by atomic mass is 35.5. The number of nitrogens with zero attached hydrogens (tertiary/aromatic N) is 2. The van der Waals surface area contributed by atoms with E-state index in [9.17, 15) is 18.0 Å². The van der Waals surface area contributed by atoms with Gasteiger partial charge in [0.1, 0.15) is 5.03 Å². The maximum Gasteiger partial charge on any atom is 0.447 e. The minimum absolute atomic E-state index is 0. The van der Waals surface area contributed by atoms with Crippen molar-refractivity contribution in [3.8, 4) is 0 Å². The lowest BCUT2D eigenvalue weighted by molar-refractivity contribution is -0.0329. The van der Waals surface area contributed by atoms with Gasteiger partial charge < -0.3 is 10.6 Å². The van der Waals surface area contributed by atoms with Crippen LogP contribution in [-0.4, -0.2) is 40.4 Å². The molecule has 2 N–H and O–H groups in total. The maximum atomic E-state index is 12.6. The van der Waals surface area contributed by atoms with E-state index in [4.69, 9.17) is 5.73 Å². The van der Waals surface area contributed by atoms with Crippen LogP contribution in [0.3, 0.4) is 0 Å². The molecule has 1 unspecified atom stereocenters. The van der Waals surface area contributed by atoms with E-state index in [2.05, 4.69) is 4.98 Å². The van der Waals surface area contributed by atoms with Crippen LogP contribution in [0.25, 0.3) is 0 Å². The van der Waals surface area contributed by atoms with Crippen LogP contribution in [0.5, 0.6) is 0 Å². The number of alkyl halides is 3. The molecule has 4 nitrogen and oxygen atoms in total. The standard InChI is InChI=1S/C14H18F3N3OS.ClH/c1-13(2)8-20(7-5-10(13)18)12(21)9-4-3-6-19-11(9)22-14(15,16)17;/h3-4,6,10H,5,7-8,18H2,1-2H3;1H. The summed E-state index contributed by atoms with van der Waals surface area (Å²) in [6.07, 6.45) is 1.88. The Morgan fingerprint density at radius 2 is 2.13 bits per heavy atom. The van der Waals surface area contributed by atoms with Crippen LogP contribution in [0.2, 0.25) is 0 Å². The Morgan fingerprint density at radius 1 is 1.48 bits per heavy atom. The Hall–Kier alpha value is -0.990. The van der Waals surface area contributed by atoms with Crippen molar-refractivity contribution < 1.29 is 18.0 Å². The predicted octanol–water partition coefficient (Wildman–Crippen LogP) is 3.31. The summed E-state index contributed by atoms with van der Waals surface area (Å²) in [6, 6.07) is 2.81. The number of aromatic nitrogens is 1. The molecule has 0 aromatic carbocycles. The quantitative estimate of drug-likeness (QED) is 0.812. The van der Waals surface area contributed by atoms with Crippen molar-refractivity contribution in [2.24, 2.45) is 11.1 Å². The van der Waals surface area contributed by atoms with Crippen LogP contribution < -0.4 is 5.73 Å². The van der Waals surface area contributed by atoms with E-state index in [1.165, 1.54) is 18.3 Å². The Bertz CT molecular complexity index is 568. The van der Waals surface area contributed by atoms with Crippen molar-refractivity contribution in [3.05, 3.63) is 23.9 Å². The summed E-state index contributed by atoms with van der Waals surface area (Å²) in [6.45, 7) is 4.75. The van der Waals surface area contributed by atoms with Crippen molar-refractivity contribution in [2.75, 3.05) is 13.1 Å². The molecule has 0 radical (unpaired) electrons. The van der Waals surface area contributed by atoms with Gasteiger partial charge in [-0.05, 0) is 24.0 Å². The minimum atomic E-state index is -4.48. The first-order chi connectivity index (χ1) is 10.1. The molecule has 1 atom stereocenters. The number of piperidine rings is 1. The average molecular weight is 370 g/mol. The van der Waals surface area contributed by atoms with Crippen LogP contribution in [0.15, 0.2) is 23.4 Å². The number of nitrogens with two attached hydrogens (primary N) is 1. The van der Waals surface area contributed by atoms with Crippen molar-refractivity contribution in [2.45, 2.75) is 36.8 Å². The van der Waals surface area contributed by atoms with Gasteiger partial charge in [0.05, 0.1) is 5.56 Å². The van der Waals surface area contributed by atoms with Gasteiger partial charge in [-0.3, -0.25) is 4.79 Å². The number of likely N-dealkylation sites (tertiary alicyclic amines) is 1. The van der Waals surface area contributed by atoms with Crippen molar-refractivity contribution in [1.29, 1.82) is 0 Å². The molecule has 0 bridgehead atoms. The van der Waals surface area contributed by atoms with Gasteiger partial charge in [-0.2, -0.15) is 13.2 Å². The average Bonchev–Trinajstić information content (AvgIpc) is 2.40. The number of pyridine rings is 1. The molecular weight excluding hydrogens is 351 g/mol. The number of carbonyl (C=O) groups is 1. The van der Waals surface area contributed by atoms with Crippen LogP contribution >= 0.6 is 24.2 Å². The van der Waals surface area contributed by atoms with Crippen LogP contribution in [0.1, 0.15) is 30.6 Å². The van der Waals surface area contributed by atoms with Gasteiger partial charge in [0, 0.05) is 37.1 Å². The summed E-state index contributed by atoms with van der Waals surface area (Å²) in [7, 11) is 0. The number of hydrogen-bond acceptors (Lipinski definition) is 4. The molecule has 130 valence electrons. The monoisotopic (exact) mass is 369 g/mol. The highest BCUT2D eigenvalue weighted by molar-refractivity contribution is 8.00. The molecule has 0 spiro atoms. The number of carbonyl (C=O) groups excluding carboxylic acids is 1. The normalized spacial score (nSPS) is 20.8. The maximum absolute atomic E-state index is 12.6. The van der Waals surface area contributed by atoms with Gasteiger partial charge >= 0.3 is 5.51 Å². The third-order valence-corrected chi connectivity index (χ3v) is 4.56. The summed E-state index contributed by atoms with van der Waals surface area (Å²) in [5, 5.41) is -0.312. The number of thioether (sulfide) groups is 1. The molecule has 1 saturated heterocycles. The van der Waals surface area contributed by atoms with E-state index in [0.717, 1.165) is 0 Å². The number of halogens is 4. The Balaban J connectivity index is 0.00000264. The lowest BCUT2D eigenvalue weighted by atomic mass is 9.79. The first kappa shape index (κ1) is 20.1. The second-order valence-corrected chi connectivity index (χ2v) is 7.07. The topological polar surface area (TPSA) is 59.2 Å². The van der Waals surface area contributed by atoms with Crippen molar-refractivity contribution >= 4 is 30.1 Å². The number of amides is 1. The fraction of sp³-hybridized carbons (Fsp3) is 0.571. The van der Waals surface area contributed by atoms with E-state index in [1.807, 2.05) is 13.8 Å². The molecule has 2 heterocycles. The number of hydrogen-bond donors (Lipinski definition) is 1. The first-order valence-electron chi connectivity index (χ1n) is 6.86. The third kappa shape index (κ3) is 4.99. The highest BCUT2D eigenvalue weighted by Gasteiger charge is 2.37. The Labute approximate surface area is 143 Å². The summed E-state index contributed by atoms with van der Waals surface area (Å²) in [5.41, 5.74) is 1.26. The SMILES string of the molecule is CC1(C)CN(C(=O)c2cccnc2SC(F)(F)F)CCC1N.Cl. The highest BCUT2D eigenvalue weighted by Crippen LogP contribution is 2.38. The van der Waals surface area contributed by atoms with E-state index in [0.29, 0.717) is 19.5 Å². The third-order valence-electron chi connectivity index (χ3n) is 3.81. The Kier molecular flexibility index (Phi) is 6.34. The zero-order chi connectivity index (χ0) is 16.5. The minimum Gasteiger partial charge on any atom is -0.338 e. The molecule has 1 amide bonds. The fourth-order valence-corrected chi connectivity index (χ4v) is 3.06. The molecule has 1 fully saturated rings. The molecule has 2 rings (SSSR count). The van der Waals surface area contributed by atoms with E-state index < -0.39 is 11.4 Å². The van der Waals surface area contributed by atoms with Gasteiger partial charge in [-0.15, -0.1) is 12.4 Å². The van der Waals surface area contributed by atoms with E-state index in [1.54, 1.807) is 4.90 Å². The number of rotatable bonds is 2. The summed E-state index contributed by atoms with van der Waals surface area (Å²) in [4.78, 5) is 17.8. The second kappa shape index (κ2) is 7.27. The van der Waals surface area contributed by atoms with Gasteiger partial charge in [-0.1, -0.05) is 13.8 Å². The summed E-state index contributed by atoms with van der Waals surface area (Å²) >= 11 is -0.363. The fourth-order valence-electron chi connectivity index (χ4n) is 2.46. The van der Waals surface area contributed by atoms with E-state index in [-0.39, 0.29) is 46.2 Å². The lowest BCUT2D eigenvalue weighted by Crippen LogP contribution is -2.54. The molecule has 1 aliphatic rings. The molecule has 0 saturated carbocycles. The Morgan fingerprint density at radius 3 is 2.70 bits per heavy atom. The van der Waals surface area contributed by atoms with Gasteiger partial charge in [0.2, 0.25) is 0 Å². The van der Waals surface area contributed by atoms with Crippen LogP contribution in [0, 0.1) is 5.41 Å².